The van der Waals surface area contributed by atoms with Gasteiger partial charge in [0, 0.05) is 37.3 Å². The van der Waals surface area contributed by atoms with E-state index in [2.05, 4.69) is 43.1 Å². The molecule has 2 aliphatic rings. The molecule has 18 heavy (non-hydrogen) atoms. The summed E-state index contributed by atoms with van der Waals surface area (Å²) >= 11 is 0. The fourth-order valence-electron chi connectivity index (χ4n) is 3.85. The molecule has 0 bridgehead atoms. The lowest BCUT2D eigenvalue weighted by Gasteiger charge is -2.53. The van der Waals surface area contributed by atoms with E-state index in [1.807, 2.05) is 0 Å². The third-order valence-electron chi connectivity index (χ3n) is 4.42. The Morgan fingerprint density at radius 2 is 1.72 bits per heavy atom. The van der Waals surface area contributed by atoms with Crippen LogP contribution in [0, 0.1) is 0 Å². The molecule has 1 N–H and O–H groups in total. The minimum atomic E-state index is 0.266. The lowest BCUT2D eigenvalue weighted by molar-refractivity contribution is 0.0342. The highest BCUT2D eigenvalue weighted by Crippen LogP contribution is 2.34. The maximum absolute atomic E-state index is 3.97. The summed E-state index contributed by atoms with van der Waals surface area (Å²) in [5, 5.41) is 3.97. The van der Waals surface area contributed by atoms with E-state index >= 15 is 0 Å². The van der Waals surface area contributed by atoms with Gasteiger partial charge in [-0.3, -0.25) is 4.90 Å². The molecular formula is C15H31N3. The highest BCUT2D eigenvalue weighted by Gasteiger charge is 2.42. The van der Waals surface area contributed by atoms with Crippen LogP contribution >= 0.6 is 0 Å². The van der Waals surface area contributed by atoms with Gasteiger partial charge in [-0.15, -0.1) is 0 Å². The fraction of sp³-hybridized carbons (Fsp3) is 1.00. The minimum absolute atomic E-state index is 0.266. The third kappa shape index (κ3) is 3.69. The zero-order valence-corrected chi connectivity index (χ0v) is 12.8. The lowest BCUT2D eigenvalue weighted by Crippen LogP contribution is -2.69. The van der Waals surface area contributed by atoms with Crippen molar-refractivity contribution in [3.63, 3.8) is 0 Å². The quantitative estimate of drug-likeness (QED) is 0.829. The Kier molecular flexibility index (Phi) is 4.35. The largest absolute Gasteiger partial charge is 0.308 e. The van der Waals surface area contributed by atoms with Crippen LogP contribution in [-0.2, 0) is 0 Å². The number of nitrogens with zero attached hydrogens (tertiary/aromatic N) is 2. The number of nitrogens with one attached hydrogen (secondary N) is 1. The lowest BCUT2D eigenvalue weighted by atomic mass is 9.77. The van der Waals surface area contributed by atoms with Crippen LogP contribution in [0.4, 0.5) is 0 Å². The Bertz CT molecular complexity index is 267. The molecule has 1 saturated heterocycles. The third-order valence-corrected chi connectivity index (χ3v) is 4.42. The van der Waals surface area contributed by atoms with Gasteiger partial charge in [0.1, 0.15) is 0 Å². The summed E-state index contributed by atoms with van der Waals surface area (Å²) in [5.74, 6) is 0. The fourth-order valence-corrected chi connectivity index (χ4v) is 3.85. The van der Waals surface area contributed by atoms with E-state index < -0.39 is 0 Å². The van der Waals surface area contributed by atoms with Crippen LogP contribution in [0.25, 0.3) is 0 Å². The molecule has 2 fully saturated rings. The van der Waals surface area contributed by atoms with Crippen LogP contribution in [0.2, 0.25) is 0 Å². The van der Waals surface area contributed by atoms with E-state index in [9.17, 15) is 0 Å². The number of likely N-dealkylation sites (N-methyl/N-ethyl adjacent to an activating group) is 1. The molecule has 1 aliphatic carbocycles. The normalized spacial score (nSPS) is 27.8. The van der Waals surface area contributed by atoms with Crippen molar-refractivity contribution in [2.75, 3.05) is 40.3 Å². The van der Waals surface area contributed by atoms with Crippen LogP contribution in [0.3, 0.4) is 0 Å². The predicted molar refractivity (Wildman–Crippen MR) is 78.0 cm³/mol. The molecule has 0 aromatic rings. The molecule has 1 spiro atoms. The van der Waals surface area contributed by atoms with Crippen molar-refractivity contribution in [1.29, 1.82) is 0 Å². The summed E-state index contributed by atoms with van der Waals surface area (Å²) in [7, 11) is 4.34. The Hall–Kier alpha value is -0.120. The topological polar surface area (TPSA) is 18.5 Å². The van der Waals surface area contributed by atoms with Crippen LogP contribution < -0.4 is 5.32 Å². The number of rotatable bonds is 3. The van der Waals surface area contributed by atoms with Gasteiger partial charge in [-0.2, -0.15) is 0 Å². The first kappa shape index (κ1) is 14.3. The molecule has 3 heteroatoms. The van der Waals surface area contributed by atoms with Crippen molar-refractivity contribution >= 4 is 0 Å². The van der Waals surface area contributed by atoms with E-state index in [-0.39, 0.29) is 5.54 Å². The zero-order valence-electron chi connectivity index (χ0n) is 12.8. The molecular weight excluding hydrogens is 222 g/mol. The Balaban J connectivity index is 1.99. The maximum Gasteiger partial charge on any atom is 0.0313 e. The Morgan fingerprint density at radius 1 is 1.06 bits per heavy atom. The average molecular weight is 253 g/mol. The highest BCUT2D eigenvalue weighted by atomic mass is 15.3. The van der Waals surface area contributed by atoms with Gasteiger partial charge in [-0.05, 0) is 40.8 Å². The van der Waals surface area contributed by atoms with Gasteiger partial charge in [0.15, 0.2) is 0 Å². The SMILES string of the molecule is CN(C)CCN1CC(C)(C)NC2(CCCCC2)C1. The van der Waals surface area contributed by atoms with Crippen molar-refractivity contribution in [2.45, 2.75) is 57.0 Å². The molecule has 2 rings (SSSR count). The van der Waals surface area contributed by atoms with E-state index in [0.717, 1.165) is 0 Å². The number of hydrogen-bond acceptors (Lipinski definition) is 3. The minimum Gasteiger partial charge on any atom is -0.308 e. The summed E-state index contributed by atoms with van der Waals surface area (Å²) in [4.78, 5) is 4.98. The van der Waals surface area contributed by atoms with E-state index in [4.69, 9.17) is 0 Å². The summed E-state index contributed by atoms with van der Waals surface area (Å²) in [5.41, 5.74) is 0.675. The van der Waals surface area contributed by atoms with Crippen molar-refractivity contribution in [1.82, 2.24) is 15.1 Å². The molecule has 0 aromatic heterocycles. The van der Waals surface area contributed by atoms with Gasteiger partial charge in [0.25, 0.3) is 0 Å². The zero-order chi connectivity index (χ0) is 13.2. The Morgan fingerprint density at radius 3 is 2.33 bits per heavy atom. The number of piperazine rings is 1. The first-order chi connectivity index (χ1) is 8.41. The second-order valence-corrected chi connectivity index (χ2v) is 7.36. The van der Waals surface area contributed by atoms with Gasteiger partial charge < -0.3 is 10.2 Å². The van der Waals surface area contributed by atoms with Gasteiger partial charge in [-0.1, -0.05) is 19.3 Å². The standard InChI is InChI=1S/C15H31N3/c1-14(2)12-18(11-10-17(3)4)13-15(16-14)8-6-5-7-9-15/h16H,5-13H2,1-4H3. The highest BCUT2D eigenvalue weighted by molar-refractivity contribution is 5.03. The predicted octanol–water partition coefficient (Wildman–Crippen LogP) is 1.93. The van der Waals surface area contributed by atoms with E-state index in [1.165, 1.54) is 58.3 Å². The molecule has 106 valence electrons. The molecule has 0 radical (unpaired) electrons. The molecule has 1 heterocycles. The average Bonchev–Trinajstić information content (AvgIpc) is 2.25. The summed E-state index contributed by atoms with van der Waals surface area (Å²) < 4.78 is 0. The molecule has 1 aliphatic heterocycles. The maximum atomic E-state index is 3.97. The van der Waals surface area contributed by atoms with E-state index in [1.54, 1.807) is 0 Å². The number of hydrogen-bond donors (Lipinski definition) is 1. The monoisotopic (exact) mass is 253 g/mol. The van der Waals surface area contributed by atoms with Gasteiger partial charge >= 0.3 is 0 Å². The molecule has 3 nitrogen and oxygen atoms in total. The van der Waals surface area contributed by atoms with Crippen LogP contribution in [0.15, 0.2) is 0 Å². The van der Waals surface area contributed by atoms with Crippen LogP contribution in [-0.4, -0.2) is 61.2 Å². The smallest absolute Gasteiger partial charge is 0.0313 e. The van der Waals surface area contributed by atoms with Crippen molar-refractivity contribution in [2.24, 2.45) is 0 Å². The molecule has 0 aromatic carbocycles. The first-order valence-electron chi connectivity index (χ1n) is 7.57. The molecule has 0 atom stereocenters. The van der Waals surface area contributed by atoms with E-state index in [0.29, 0.717) is 5.54 Å². The van der Waals surface area contributed by atoms with Crippen LogP contribution in [0.5, 0.6) is 0 Å². The molecule has 1 saturated carbocycles. The van der Waals surface area contributed by atoms with Crippen molar-refractivity contribution in [3.05, 3.63) is 0 Å². The Labute approximate surface area is 113 Å². The van der Waals surface area contributed by atoms with Gasteiger partial charge in [0.05, 0.1) is 0 Å². The van der Waals surface area contributed by atoms with Crippen molar-refractivity contribution in [3.8, 4) is 0 Å². The molecule has 0 unspecified atom stereocenters. The summed E-state index contributed by atoms with van der Waals surface area (Å²) in [6, 6.07) is 0. The van der Waals surface area contributed by atoms with Crippen LogP contribution in [0.1, 0.15) is 46.0 Å². The van der Waals surface area contributed by atoms with Gasteiger partial charge in [0.2, 0.25) is 0 Å². The van der Waals surface area contributed by atoms with Gasteiger partial charge in [-0.25, -0.2) is 0 Å². The van der Waals surface area contributed by atoms with Crippen molar-refractivity contribution < 1.29 is 0 Å². The first-order valence-corrected chi connectivity index (χ1v) is 7.57. The molecule has 0 amide bonds. The summed E-state index contributed by atoms with van der Waals surface area (Å²) in [6.45, 7) is 9.55. The second kappa shape index (κ2) is 5.48. The summed E-state index contributed by atoms with van der Waals surface area (Å²) in [6.07, 6.45) is 6.99. The second-order valence-electron chi connectivity index (χ2n) is 7.36.